The van der Waals surface area contributed by atoms with E-state index in [2.05, 4.69) is 11.8 Å². The molecule has 0 aromatic heterocycles. The minimum atomic E-state index is 0.867. The molecule has 1 saturated heterocycles. The average Bonchev–Trinajstić information content (AvgIpc) is 2.50. The molecule has 1 aliphatic heterocycles. The van der Waals surface area contributed by atoms with Crippen LogP contribution < -0.4 is 5.73 Å². The van der Waals surface area contributed by atoms with Crippen molar-refractivity contribution in [3.8, 4) is 0 Å². The monoisotopic (exact) mass is 170 g/mol. The summed E-state index contributed by atoms with van der Waals surface area (Å²) in [5.41, 5.74) is 5.54. The summed E-state index contributed by atoms with van der Waals surface area (Å²) in [7, 11) is 0. The van der Waals surface area contributed by atoms with Crippen LogP contribution in [0.5, 0.6) is 0 Å². The van der Waals surface area contributed by atoms with Crippen LogP contribution >= 0.6 is 0 Å². The van der Waals surface area contributed by atoms with Gasteiger partial charge in [0.05, 0.1) is 0 Å². The number of nitrogens with two attached hydrogens (primary N) is 1. The van der Waals surface area contributed by atoms with Crippen LogP contribution in [0, 0.1) is 5.92 Å². The van der Waals surface area contributed by atoms with E-state index in [1.807, 2.05) is 0 Å². The summed E-state index contributed by atoms with van der Waals surface area (Å²) < 4.78 is 0. The second kappa shape index (κ2) is 5.55. The third-order valence-corrected chi connectivity index (χ3v) is 2.77. The first-order valence-electron chi connectivity index (χ1n) is 5.29. The van der Waals surface area contributed by atoms with Crippen molar-refractivity contribution in [1.82, 2.24) is 4.90 Å². The Balaban J connectivity index is 2.08. The Bertz CT molecular complexity index is 114. The molecule has 1 atom stereocenters. The van der Waals surface area contributed by atoms with E-state index >= 15 is 0 Å². The topological polar surface area (TPSA) is 29.3 Å². The maximum absolute atomic E-state index is 5.54. The standard InChI is InChI=1S/C10H22N2/c1-2-3-7-12-8-5-10(9-12)4-6-11/h10H,2-9,11H2,1H3. The molecule has 72 valence electrons. The zero-order chi connectivity index (χ0) is 8.81. The zero-order valence-electron chi connectivity index (χ0n) is 8.26. The predicted molar refractivity (Wildman–Crippen MR) is 53.1 cm³/mol. The first-order valence-corrected chi connectivity index (χ1v) is 5.29. The summed E-state index contributed by atoms with van der Waals surface area (Å²) in [5, 5.41) is 0. The van der Waals surface area contributed by atoms with Gasteiger partial charge in [0.2, 0.25) is 0 Å². The van der Waals surface area contributed by atoms with Crippen molar-refractivity contribution in [2.24, 2.45) is 11.7 Å². The zero-order valence-corrected chi connectivity index (χ0v) is 8.26. The minimum absolute atomic E-state index is 0.867. The highest BCUT2D eigenvalue weighted by atomic mass is 15.1. The minimum Gasteiger partial charge on any atom is -0.330 e. The molecule has 1 fully saturated rings. The molecule has 1 unspecified atom stereocenters. The molecule has 2 heteroatoms. The molecular weight excluding hydrogens is 148 g/mol. The molecule has 1 aliphatic rings. The molecule has 0 aliphatic carbocycles. The Labute approximate surface area is 76.1 Å². The summed E-state index contributed by atoms with van der Waals surface area (Å²) in [6.07, 6.45) is 5.27. The van der Waals surface area contributed by atoms with Crippen molar-refractivity contribution in [3.63, 3.8) is 0 Å². The third kappa shape index (κ3) is 3.11. The van der Waals surface area contributed by atoms with Crippen molar-refractivity contribution in [1.29, 1.82) is 0 Å². The highest BCUT2D eigenvalue weighted by Gasteiger charge is 2.20. The molecule has 0 bridgehead atoms. The van der Waals surface area contributed by atoms with Gasteiger partial charge in [-0.3, -0.25) is 0 Å². The van der Waals surface area contributed by atoms with Crippen LogP contribution in [0.25, 0.3) is 0 Å². The van der Waals surface area contributed by atoms with E-state index in [0.717, 1.165) is 12.5 Å². The van der Waals surface area contributed by atoms with Gasteiger partial charge in [0.15, 0.2) is 0 Å². The summed E-state index contributed by atoms with van der Waals surface area (Å²) in [4.78, 5) is 2.59. The van der Waals surface area contributed by atoms with E-state index in [9.17, 15) is 0 Å². The normalized spacial score (nSPS) is 25.0. The van der Waals surface area contributed by atoms with Gasteiger partial charge < -0.3 is 10.6 Å². The fourth-order valence-electron chi connectivity index (χ4n) is 1.97. The molecule has 0 radical (unpaired) electrons. The molecule has 0 aromatic rings. The lowest BCUT2D eigenvalue weighted by atomic mass is 10.1. The van der Waals surface area contributed by atoms with E-state index in [4.69, 9.17) is 5.73 Å². The second-order valence-corrected chi connectivity index (χ2v) is 3.89. The number of hydrogen-bond donors (Lipinski definition) is 1. The van der Waals surface area contributed by atoms with Gasteiger partial charge in [-0.15, -0.1) is 0 Å². The van der Waals surface area contributed by atoms with Gasteiger partial charge in [0, 0.05) is 6.54 Å². The van der Waals surface area contributed by atoms with E-state index in [1.54, 1.807) is 0 Å². The summed E-state index contributed by atoms with van der Waals surface area (Å²) in [5.74, 6) is 0.895. The van der Waals surface area contributed by atoms with Crippen molar-refractivity contribution < 1.29 is 0 Å². The Morgan fingerprint density at radius 3 is 3.00 bits per heavy atom. The highest BCUT2D eigenvalue weighted by Crippen LogP contribution is 2.18. The van der Waals surface area contributed by atoms with E-state index in [0.29, 0.717) is 0 Å². The van der Waals surface area contributed by atoms with Crippen molar-refractivity contribution in [2.75, 3.05) is 26.2 Å². The fourth-order valence-corrected chi connectivity index (χ4v) is 1.97. The average molecular weight is 170 g/mol. The van der Waals surface area contributed by atoms with Crippen LogP contribution in [0.15, 0.2) is 0 Å². The summed E-state index contributed by atoms with van der Waals surface area (Å²) in [6, 6.07) is 0. The molecular formula is C10H22N2. The van der Waals surface area contributed by atoms with Crippen LogP contribution in [-0.2, 0) is 0 Å². The third-order valence-electron chi connectivity index (χ3n) is 2.77. The summed E-state index contributed by atoms with van der Waals surface area (Å²) in [6.45, 7) is 7.04. The van der Waals surface area contributed by atoms with Gasteiger partial charge >= 0.3 is 0 Å². The van der Waals surface area contributed by atoms with Gasteiger partial charge in [0.1, 0.15) is 0 Å². The Morgan fingerprint density at radius 1 is 1.50 bits per heavy atom. The second-order valence-electron chi connectivity index (χ2n) is 3.89. The molecule has 12 heavy (non-hydrogen) atoms. The first kappa shape index (κ1) is 10.0. The quantitative estimate of drug-likeness (QED) is 0.677. The number of rotatable bonds is 5. The van der Waals surface area contributed by atoms with Crippen LogP contribution in [-0.4, -0.2) is 31.1 Å². The highest BCUT2D eigenvalue weighted by molar-refractivity contribution is 4.75. The van der Waals surface area contributed by atoms with Gasteiger partial charge in [-0.1, -0.05) is 13.3 Å². The van der Waals surface area contributed by atoms with Gasteiger partial charge in [-0.05, 0) is 44.8 Å². The molecule has 1 heterocycles. The maximum atomic E-state index is 5.54. The van der Waals surface area contributed by atoms with E-state index in [-0.39, 0.29) is 0 Å². The van der Waals surface area contributed by atoms with Crippen LogP contribution in [0.3, 0.4) is 0 Å². The van der Waals surface area contributed by atoms with Crippen LogP contribution in [0.1, 0.15) is 32.6 Å². The van der Waals surface area contributed by atoms with Crippen molar-refractivity contribution in [2.45, 2.75) is 32.6 Å². The van der Waals surface area contributed by atoms with E-state index < -0.39 is 0 Å². The molecule has 0 spiro atoms. The largest absolute Gasteiger partial charge is 0.330 e. The molecule has 0 saturated carbocycles. The Hall–Kier alpha value is -0.0800. The van der Waals surface area contributed by atoms with Crippen LogP contribution in [0.4, 0.5) is 0 Å². The molecule has 2 nitrogen and oxygen atoms in total. The Kier molecular flexibility index (Phi) is 4.62. The lowest BCUT2D eigenvalue weighted by Crippen LogP contribution is -2.22. The van der Waals surface area contributed by atoms with Crippen LogP contribution in [0.2, 0.25) is 0 Å². The van der Waals surface area contributed by atoms with E-state index in [1.165, 1.54) is 45.3 Å². The van der Waals surface area contributed by atoms with Crippen molar-refractivity contribution >= 4 is 0 Å². The molecule has 0 amide bonds. The maximum Gasteiger partial charge on any atom is 0.00106 e. The fraction of sp³-hybridized carbons (Fsp3) is 1.00. The smallest absolute Gasteiger partial charge is 0.00106 e. The number of unbranched alkanes of at least 4 members (excludes halogenated alkanes) is 1. The van der Waals surface area contributed by atoms with Gasteiger partial charge in [-0.2, -0.15) is 0 Å². The van der Waals surface area contributed by atoms with Gasteiger partial charge in [0.25, 0.3) is 0 Å². The molecule has 2 N–H and O–H groups in total. The number of likely N-dealkylation sites (tertiary alicyclic amines) is 1. The number of hydrogen-bond acceptors (Lipinski definition) is 2. The van der Waals surface area contributed by atoms with Crippen molar-refractivity contribution in [3.05, 3.63) is 0 Å². The number of nitrogens with zero attached hydrogens (tertiary/aromatic N) is 1. The predicted octanol–water partition coefficient (Wildman–Crippen LogP) is 1.46. The Morgan fingerprint density at radius 2 is 2.33 bits per heavy atom. The lowest BCUT2D eigenvalue weighted by Gasteiger charge is -2.14. The van der Waals surface area contributed by atoms with Gasteiger partial charge in [-0.25, -0.2) is 0 Å². The molecule has 0 aromatic carbocycles. The summed E-state index contributed by atoms with van der Waals surface area (Å²) >= 11 is 0. The first-order chi connectivity index (χ1) is 5.86. The SMILES string of the molecule is CCCCN1CCC(CCN)C1. The lowest BCUT2D eigenvalue weighted by molar-refractivity contribution is 0.316. The molecule has 1 rings (SSSR count).